The maximum absolute atomic E-state index is 13.4. The summed E-state index contributed by atoms with van der Waals surface area (Å²) in [5.74, 6) is -0.126. The molecule has 8 heteroatoms. The molecule has 1 amide bonds. The molecule has 1 N–H and O–H groups in total. The molecule has 8 nitrogen and oxygen atoms in total. The molecule has 2 aromatic rings. The van der Waals surface area contributed by atoms with Crippen molar-refractivity contribution in [2.24, 2.45) is 0 Å². The van der Waals surface area contributed by atoms with Crippen LogP contribution in [-0.2, 0) is 14.3 Å². The van der Waals surface area contributed by atoms with E-state index in [1.165, 1.54) is 0 Å². The maximum Gasteiger partial charge on any atom is 0.295 e. The van der Waals surface area contributed by atoms with Crippen LogP contribution in [0.25, 0.3) is 5.76 Å². The molecule has 0 spiro atoms. The van der Waals surface area contributed by atoms with Crippen LogP contribution in [0.5, 0.6) is 11.5 Å². The van der Waals surface area contributed by atoms with E-state index in [0.717, 1.165) is 37.1 Å². The van der Waals surface area contributed by atoms with E-state index < -0.39 is 17.7 Å². The van der Waals surface area contributed by atoms with Crippen molar-refractivity contribution in [2.45, 2.75) is 32.7 Å². The SMILES string of the molecule is C=CCOc1ccc(C2C(=C(O)c3ccc(OCCCC)cc3C)C(=O)C(=O)N2CCN2CCOCC2)cc1. The van der Waals surface area contributed by atoms with Crippen molar-refractivity contribution in [3.8, 4) is 11.5 Å². The van der Waals surface area contributed by atoms with Crippen molar-refractivity contribution in [1.82, 2.24) is 9.80 Å². The number of likely N-dealkylation sites (tertiary alicyclic amines) is 1. The molecule has 4 rings (SSSR count). The average molecular weight is 535 g/mol. The summed E-state index contributed by atoms with van der Waals surface area (Å²) in [7, 11) is 0. The minimum absolute atomic E-state index is 0.0875. The average Bonchev–Trinajstić information content (AvgIpc) is 3.20. The van der Waals surface area contributed by atoms with E-state index in [4.69, 9.17) is 14.2 Å². The number of carbonyl (C=O) groups excluding carboxylic acids is 2. The van der Waals surface area contributed by atoms with Crippen molar-refractivity contribution in [1.29, 1.82) is 0 Å². The summed E-state index contributed by atoms with van der Waals surface area (Å²) in [6.07, 6.45) is 3.65. The third kappa shape index (κ3) is 6.69. The van der Waals surface area contributed by atoms with Crippen LogP contribution < -0.4 is 9.47 Å². The van der Waals surface area contributed by atoms with Gasteiger partial charge >= 0.3 is 0 Å². The van der Waals surface area contributed by atoms with Crippen LogP contribution in [0.2, 0.25) is 0 Å². The van der Waals surface area contributed by atoms with Gasteiger partial charge in [-0.15, -0.1) is 0 Å². The quantitative estimate of drug-likeness (QED) is 0.141. The maximum atomic E-state index is 13.4. The number of nitrogens with zero attached hydrogens (tertiary/aromatic N) is 2. The first kappa shape index (κ1) is 28.4. The smallest absolute Gasteiger partial charge is 0.295 e. The van der Waals surface area contributed by atoms with Crippen LogP contribution in [0, 0.1) is 6.92 Å². The number of rotatable bonds is 12. The van der Waals surface area contributed by atoms with Gasteiger partial charge in [-0.3, -0.25) is 14.5 Å². The van der Waals surface area contributed by atoms with Crippen LogP contribution in [0.3, 0.4) is 0 Å². The van der Waals surface area contributed by atoms with Gasteiger partial charge in [0.25, 0.3) is 11.7 Å². The second-order valence-electron chi connectivity index (χ2n) is 9.79. The van der Waals surface area contributed by atoms with Crippen LogP contribution >= 0.6 is 0 Å². The molecule has 2 aromatic carbocycles. The number of Topliss-reactive ketones (excluding diaryl/α,β-unsaturated/α-hetero) is 1. The summed E-state index contributed by atoms with van der Waals surface area (Å²) >= 11 is 0. The molecular formula is C31H38N2O6. The largest absolute Gasteiger partial charge is 0.507 e. The lowest BCUT2D eigenvalue weighted by atomic mass is 9.94. The Morgan fingerprint density at radius 1 is 1.08 bits per heavy atom. The lowest BCUT2D eigenvalue weighted by molar-refractivity contribution is -0.140. The summed E-state index contributed by atoms with van der Waals surface area (Å²) in [6, 6.07) is 11.9. The van der Waals surface area contributed by atoms with Crippen LogP contribution in [0.15, 0.2) is 60.7 Å². The molecule has 0 radical (unpaired) electrons. The van der Waals surface area contributed by atoms with Crippen LogP contribution in [-0.4, -0.2) is 79.2 Å². The van der Waals surface area contributed by atoms with Crippen molar-refractivity contribution in [3.05, 3.63) is 77.4 Å². The number of amides is 1. The van der Waals surface area contributed by atoms with Gasteiger partial charge in [0, 0.05) is 31.7 Å². The second-order valence-corrected chi connectivity index (χ2v) is 9.79. The Labute approximate surface area is 230 Å². The summed E-state index contributed by atoms with van der Waals surface area (Å²) in [5, 5.41) is 11.5. The Bertz CT molecular complexity index is 1200. The summed E-state index contributed by atoms with van der Waals surface area (Å²) < 4.78 is 16.9. The predicted octanol–water partition coefficient (Wildman–Crippen LogP) is 4.49. The second kappa shape index (κ2) is 13.4. The van der Waals surface area contributed by atoms with Gasteiger partial charge < -0.3 is 24.2 Å². The molecule has 2 heterocycles. The normalized spacial score (nSPS) is 19.3. The summed E-state index contributed by atoms with van der Waals surface area (Å²) in [4.78, 5) is 30.5. The van der Waals surface area contributed by atoms with E-state index in [1.54, 1.807) is 35.2 Å². The Balaban J connectivity index is 1.69. The van der Waals surface area contributed by atoms with Gasteiger partial charge in [0.15, 0.2) is 0 Å². The number of hydrogen-bond donors (Lipinski definition) is 1. The third-order valence-corrected chi connectivity index (χ3v) is 7.08. The number of hydrogen-bond acceptors (Lipinski definition) is 7. The first-order valence-electron chi connectivity index (χ1n) is 13.6. The Kier molecular flexibility index (Phi) is 9.79. The number of carbonyl (C=O) groups is 2. The number of morpholine rings is 1. The van der Waals surface area contributed by atoms with Gasteiger partial charge in [0.05, 0.1) is 31.4 Å². The number of benzene rings is 2. The van der Waals surface area contributed by atoms with Crippen LogP contribution in [0.4, 0.5) is 0 Å². The first-order valence-corrected chi connectivity index (χ1v) is 13.6. The Hall–Kier alpha value is -3.62. The standard InChI is InChI=1S/C31H38N2O6/c1-4-6-18-39-25-11-12-26(22(3)21-25)29(34)27-28(23-7-9-24(10-8-23)38-17-5-2)33(31(36)30(27)35)14-13-32-15-19-37-20-16-32/h5,7-12,21,28,34H,2,4,6,13-20H2,1,3H3. The molecule has 2 saturated heterocycles. The van der Waals surface area contributed by atoms with Gasteiger partial charge in [-0.05, 0) is 54.8 Å². The highest BCUT2D eigenvalue weighted by Crippen LogP contribution is 2.40. The molecule has 0 bridgehead atoms. The molecular weight excluding hydrogens is 496 g/mol. The van der Waals surface area contributed by atoms with E-state index in [0.29, 0.717) is 56.6 Å². The first-order chi connectivity index (χ1) is 18.9. The fourth-order valence-corrected chi connectivity index (χ4v) is 4.90. The van der Waals surface area contributed by atoms with E-state index in [2.05, 4.69) is 18.4 Å². The van der Waals surface area contributed by atoms with E-state index in [-0.39, 0.29) is 11.3 Å². The molecule has 208 valence electrons. The van der Waals surface area contributed by atoms with Gasteiger partial charge in [-0.2, -0.15) is 0 Å². The monoisotopic (exact) mass is 534 g/mol. The lowest BCUT2D eigenvalue weighted by Gasteiger charge is -2.31. The third-order valence-electron chi connectivity index (χ3n) is 7.08. The topological polar surface area (TPSA) is 88.5 Å². The molecule has 2 aliphatic heterocycles. The molecule has 2 aliphatic rings. The van der Waals surface area contributed by atoms with Crippen LogP contribution in [0.1, 0.15) is 42.5 Å². The Morgan fingerprint density at radius 2 is 1.79 bits per heavy atom. The van der Waals surface area contributed by atoms with Crippen molar-refractivity contribution < 1.29 is 28.9 Å². The van der Waals surface area contributed by atoms with Gasteiger partial charge in [0.1, 0.15) is 23.9 Å². The van der Waals surface area contributed by atoms with E-state index >= 15 is 0 Å². The molecule has 39 heavy (non-hydrogen) atoms. The number of ether oxygens (including phenoxy) is 3. The zero-order chi connectivity index (χ0) is 27.8. The van der Waals surface area contributed by atoms with Crippen molar-refractivity contribution >= 4 is 17.4 Å². The molecule has 1 atom stereocenters. The highest BCUT2D eigenvalue weighted by atomic mass is 16.5. The fourth-order valence-electron chi connectivity index (χ4n) is 4.90. The minimum atomic E-state index is -0.723. The molecule has 0 aliphatic carbocycles. The number of unbranched alkanes of at least 4 members (excludes halogenated alkanes) is 1. The number of aliphatic hydroxyl groups is 1. The minimum Gasteiger partial charge on any atom is -0.507 e. The summed E-state index contributed by atoms with van der Waals surface area (Å²) in [5.41, 5.74) is 2.07. The Morgan fingerprint density at radius 3 is 2.46 bits per heavy atom. The van der Waals surface area contributed by atoms with Gasteiger partial charge in [-0.25, -0.2) is 0 Å². The zero-order valence-electron chi connectivity index (χ0n) is 22.9. The lowest BCUT2D eigenvalue weighted by Crippen LogP contribution is -2.42. The highest BCUT2D eigenvalue weighted by Gasteiger charge is 2.46. The molecule has 0 aromatic heterocycles. The summed E-state index contributed by atoms with van der Waals surface area (Å²) in [6.45, 7) is 12.4. The number of aryl methyl sites for hydroxylation is 1. The number of ketones is 1. The molecule has 0 saturated carbocycles. The fraction of sp³-hybridized carbons (Fsp3) is 0.419. The van der Waals surface area contributed by atoms with Crippen molar-refractivity contribution in [2.75, 3.05) is 52.6 Å². The molecule has 1 unspecified atom stereocenters. The zero-order valence-corrected chi connectivity index (χ0v) is 22.9. The highest BCUT2D eigenvalue weighted by molar-refractivity contribution is 6.46. The number of aliphatic hydroxyl groups excluding tert-OH is 1. The van der Waals surface area contributed by atoms with Gasteiger partial charge in [-0.1, -0.05) is 38.1 Å². The van der Waals surface area contributed by atoms with E-state index in [1.807, 2.05) is 25.1 Å². The molecule has 2 fully saturated rings. The van der Waals surface area contributed by atoms with Crippen molar-refractivity contribution in [3.63, 3.8) is 0 Å². The van der Waals surface area contributed by atoms with Gasteiger partial charge in [0.2, 0.25) is 0 Å². The predicted molar refractivity (Wildman–Crippen MR) is 150 cm³/mol. The van der Waals surface area contributed by atoms with E-state index in [9.17, 15) is 14.7 Å².